The number of rotatable bonds is 3. The van der Waals surface area contributed by atoms with Gasteiger partial charge in [-0.3, -0.25) is 10.1 Å². The van der Waals surface area contributed by atoms with E-state index in [-0.39, 0.29) is 16.5 Å². The van der Waals surface area contributed by atoms with Gasteiger partial charge in [-0.1, -0.05) is 13.8 Å². The molecule has 0 bridgehead atoms. The quantitative estimate of drug-likeness (QED) is 0.634. The minimum atomic E-state index is -0.387. The molecule has 0 fully saturated rings. The van der Waals surface area contributed by atoms with Crippen LogP contribution in [0, 0.1) is 24.0 Å². The average molecular weight is 342 g/mol. The molecule has 0 saturated carbocycles. The zero-order chi connectivity index (χ0) is 15.2. The summed E-state index contributed by atoms with van der Waals surface area (Å²) in [5.41, 5.74) is 2.07. The molecule has 0 aliphatic carbocycles. The van der Waals surface area contributed by atoms with Crippen LogP contribution < -0.4 is 0 Å². The topological polar surface area (TPSA) is 78.8 Å². The van der Waals surface area contributed by atoms with E-state index in [4.69, 9.17) is 0 Å². The first-order valence-electron chi connectivity index (χ1n) is 6.19. The zero-order valence-corrected chi connectivity index (χ0v) is 13.6. The summed E-state index contributed by atoms with van der Waals surface area (Å²) in [5, 5.41) is 20.1. The van der Waals surface area contributed by atoms with Crippen LogP contribution in [-0.2, 0) is 7.05 Å². The summed E-state index contributed by atoms with van der Waals surface area (Å²) >= 11 is 3.44. The molecule has 20 heavy (non-hydrogen) atoms. The van der Waals surface area contributed by atoms with Gasteiger partial charge >= 0.3 is 5.69 Å². The lowest BCUT2D eigenvalue weighted by Crippen LogP contribution is -2.08. The lowest BCUT2D eigenvalue weighted by Gasteiger charge is -2.04. The van der Waals surface area contributed by atoms with E-state index in [0.29, 0.717) is 11.5 Å². The van der Waals surface area contributed by atoms with Crippen LogP contribution >= 0.6 is 15.9 Å². The molecule has 2 rings (SSSR count). The van der Waals surface area contributed by atoms with Gasteiger partial charge in [0.2, 0.25) is 5.82 Å². The van der Waals surface area contributed by atoms with Gasteiger partial charge in [0.15, 0.2) is 0 Å². The summed E-state index contributed by atoms with van der Waals surface area (Å²) in [5.74, 6) is 0.348. The molecule has 0 amide bonds. The Kier molecular flexibility index (Phi) is 3.68. The largest absolute Gasteiger partial charge is 0.336 e. The zero-order valence-electron chi connectivity index (χ0n) is 12.0. The molecule has 0 saturated heterocycles. The number of nitrogens with zero attached hydrogens (tertiary/aromatic N) is 5. The van der Waals surface area contributed by atoms with Gasteiger partial charge in [-0.25, -0.2) is 9.36 Å². The maximum Gasteiger partial charge on any atom is 0.336 e. The minimum absolute atomic E-state index is 0.0144. The van der Waals surface area contributed by atoms with Crippen molar-refractivity contribution in [2.75, 3.05) is 0 Å². The van der Waals surface area contributed by atoms with Crippen molar-refractivity contribution in [1.82, 2.24) is 19.6 Å². The van der Waals surface area contributed by atoms with E-state index in [1.165, 1.54) is 4.68 Å². The van der Waals surface area contributed by atoms with E-state index in [1.54, 1.807) is 11.7 Å². The van der Waals surface area contributed by atoms with Gasteiger partial charge in [0.05, 0.1) is 20.8 Å². The van der Waals surface area contributed by atoms with Crippen molar-refractivity contribution in [3.63, 3.8) is 0 Å². The summed E-state index contributed by atoms with van der Waals surface area (Å²) in [6.45, 7) is 7.47. The molecule has 0 radical (unpaired) electrons. The number of hydrogen-bond donors (Lipinski definition) is 0. The first kappa shape index (κ1) is 14.7. The second-order valence-electron chi connectivity index (χ2n) is 4.99. The van der Waals surface area contributed by atoms with Crippen LogP contribution in [0.3, 0.4) is 0 Å². The summed E-state index contributed by atoms with van der Waals surface area (Å²) in [4.78, 5) is 11.0. The Morgan fingerprint density at radius 2 is 1.90 bits per heavy atom. The van der Waals surface area contributed by atoms with Crippen LogP contribution in [0.5, 0.6) is 0 Å². The minimum Gasteiger partial charge on any atom is -0.258 e. The van der Waals surface area contributed by atoms with Crippen molar-refractivity contribution in [1.29, 1.82) is 0 Å². The molecule has 0 aliphatic heterocycles. The SMILES string of the molecule is Cc1nn(-c2c([N+](=O)[O-])c(C(C)C)nn2C)c(C)c1Br. The molecular weight excluding hydrogens is 326 g/mol. The highest BCUT2D eigenvalue weighted by atomic mass is 79.9. The molecule has 8 heteroatoms. The first-order chi connectivity index (χ1) is 9.25. The third-order valence-electron chi connectivity index (χ3n) is 3.15. The van der Waals surface area contributed by atoms with Gasteiger partial charge < -0.3 is 0 Å². The Labute approximate surface area is 124 Å². The lowest BCUT2D eigenvalue weighted by molar-refractivity contribution is -0.385. The van der Waals surface area contributed by atoms with E-state index in [2.05, 4.69) is 26.1 Å². The Balaban J connectivity index is 2.80. The molecule has 7 nitrogen and oxygen atoms in total. The highest BCUT2D eigenvalue weighted by Crippen LogP contribution is 2.33. The second kappa shape index (κ2) is 5.01. The molecule has 2 aromatic heterocycles. The van der Waals surface area contributed by atoms with Crippen LogP contribution in [0.1, 0.15) is 36.8 Å². The molecule has 108 valence electrons. The maximum atomic E-state index is 11.4. The molecular formula is C12H16BrN5O2. The van der Waals surface area contributed by atoms with E-state index in [9.17, 15) is 10.1 Å². The number of halogens is 1. The molecule has 0 atom stereocenters. The normalized spacial score (nSPS) is 11.3. The number of nitro groups is 1. The third kappa shape index (κ3) is 2.13. The van der Waals surface area contributed by atoms with Crippen molar-refractivity contribution >= 4 is 21.6 Å². The van der Waals surface area contributed by atoms with Crippen LogP contribution in [0.2, 0.25) is 0 Å². The maximum absolute atomic E-state index is 11.4. The third-order valence-corrected chi connectivity index (χ3v) is 4.30. The average Bonchev–Trinajstić information content (AvgIpc) is 2.82. The summed E-state index contributed by atoms with van der Waals surface area (Å²) in [6, 6.07) is 0. The summed E-state index contributed by atoms with van der Waals surface area (Å²) < 4.78 is 3.93. The number of aromatic nitrogens is 4. The monoisotopic (exact) mass is 341 g/mol. The summed E-state index contributed by atoms with van der Waals surface area (Å²) in [7, 11) is 1.69. The van der Waals surface area contributed by atoms with Gasteiger partial charge in [-0.15, -0.1) is 0 Å². The van der Waals surface area contributed by atoms with Crippen LogP contribution in [0.4, 0.5) is 5.69 Å². The predicted octanol–water partition coefficient (Wildman–Crippen LogP) is 3.02. The highest BCUT2D eigenvalue weighted by molar-refractivity contribution is 9.10. The summed E-state index contributed by atoms with van der Waals surface area (Å²) in [6.07, 6.45) is 0. The fourth-order valence-corrected chi connectivity index (χ4v) is 2.40. The second-order valence-corrected chi connectivity index (χ2v) is 5.78. The van der Waals surface area contributed by atoms with E-state index in [0.717, 1.165) is 15.9 Å². The van der Waals surface area contributed by atoms with Gasteiger partial charge in [-0.2, -0.15) is 10.2 Å². The standard InChI is InChI=1S/C12H16BrN5O2/c1-6(2)10-11(18(19)20)12(16(5)15-10)17-8(4)9(13)7(3)14-17/h6H,1-5H3. The molecule has 0 aliphatic rings. The van der Waals surface area contributed by atoms with Gasteiger partial charge in [0.25, 0.3) is 0 Å². The molecule has 2 aromatic rings. The van der Waals surface area contributed by atoms with Crippen molar-refractivity contribution in [2.45, 2.75) is 33.6 Å². The van der Waals surface area contributed by atoms with Gasteiger partial charge in [-0.05, 0) is 29.8 Å². The first-order valence-corrected chi connectivity index (χ1v) is 6.98. The fourth-order valence-electron chi connectivity index (χ4n) is 2.16. The Morgan fingerprint density at radius 3 is 2.30 bits per heavy atom. The van der Waals surface area contributed by atoms with E-state index < -0.39 is 0 Å². The molecule has 2 heterocycles. The molecule has 0 spiro atoms. The Bertz CT molecular complexity index is 687. The Morgan fingerprint density at radius 1 is 1.30 bits per heavy atom. The molecule has 0 unspecified atom stereocenters. The van der Waals surface area contributed by atoms with Gasteiger partial charge in [0.1, 0.15) is 5.69 Å². The van der Waals surface area contributed by atoms with Crippen molar-refractivity contribution in [3.8, 4) is 5.82 Å². The van der Waals surface area contributed by atoms with Crippen LogP contribution in [0.15, 0.2) is 4.47 Å². The Hall–Kier alpha value is -1.70. The van der Waals surface area contributed by atoms with E-state index in [1.807, 2.05) is 27.7 Å². The number of hydrogen-bond acceptors (Lipinski definition) is 4. The smallest absolute Gasteiger partial charge is 0.258 e. The molecule has 0 N–H and O–H groups in total. The predicted molar refractivity (Wildman–Crippen MR) is 78.2 cm³/mol. The van der Waals surface area contributed by atoms with Crippen molar-refractivity contribution in [3.05, 3.63) is 31.7 Å². The highest BCUT2D eigenvalue weighted by Gasteiger charge is 2.31. The number of aryl methyl sites for hydroxylation is 2. The van der Waals surface area contributed by atoms with Crippen molar-refractivity contribution in [2.24, 2.45) is 7.05 Å². The van der Waals surface area contributed by atoms with E-state index >= 15 is 0 Å². The van der Waals surface area contributed by atoms with Gasteiger partial charge in [0, 0.05) is 13.0 Å². The van der Waals surface area contributed by atoms with Crippen LogP contribution in [-0.4, -0.2) is 24.5 Å². The lowest BCUT2D eigenvalue weighted by atomic mass is 10.1. The fraction of sp³-hybridized carbons (Fsp3) is 0.500. The van der Waals surface area contributed by atoms with Crippen molar-refractivity contribution < 1.29 is 4.92 Å². The molecule has 0 aromatic carbocycles. The van der Waals surface area contributed by atoms with Crippen LogP contribution in [0.25, 0.3) is 5.82 Å².